The molecule has 1 aliphatic heterocycles. The van der Waals surface area contributed by atoms with Gasteiger partial charge in [0, 0.05) is 33.6 Å². The SMILES string of the molecule is CC(=O)OC[C@H]1O[C@H](NC(=O)C[C@H](NC(=O)OCC2c3ccccc3-c3ccccc32)C(=O)N[C@@H](C)C(=O)OC(C)(C)C)[C@H](OC(C)=O)[C@@H](OC(C)=O)[C@H]1OC(C)=O. The number of carbonyl (C=O) groups excluding carboxylic acids is 8. The Morgan fingerprint density at radius 2 is 1.22 bits per heavy atom. The summed E-state index contributed by atoms with van der Waals surface area (Å²) in [5.41, 5.74) is 2.94. The summed E-state index contributed by atoms with van der Waals surface area (Å²) in [5.74, 6) is -6.46. The lowest BCUT2D eigenvalue weighted by atomic mass is 9.97. The summed E-state index contributed by atoms with van der Waals surface area (Å²) in [5, 5.41) is 7.30. The number of alkyl carbamates (subject to hydrolysis) is 1. The lowest BCUT2D eigenvalue weighted by molar-refractivity contribution is -0.257. The van der Waals surface area contributed by atoms with E-state index in [4.69, 9.17) is 33.2 Å². The van der Waals surface area contributed by atoms with Gasteiger partial charge in [-0.15, -0.1) is 0 Å². The highest BCUT2D eigenvalue weighted by Gasteiger charge is 2.53. The molecule has 58 heavy (non-hydrogen) atoms. The second-order valence-corrected chi connectivity index (χ2v) is 14.7. The summed E-state index contributed by atoms with van der Waals surface area (Å²) in [6.07, 6.45) is -9.61. The first-order chi connectivity index (χ1) is 27.2. The van der Waals surface area contributed by atoms with Crippen molar-refractivity contribution in [2.45, 2.75) is 116 Å². The molecule has 4 rings (SSSR count). The lowest BCUT2D eigenvalue weighted by Gasteiger charge is -2.44. The van der Waals surface area contributed by atoms with Crippen LogP contribution in [0.5, 0.6) is 0 Å². The summed E-state index contributed by atoms with van der Waals surface area (Å²) >= 11 is 0. The van der Waals surface area contributed by atoms with Crippen LogP contribution in [0.1, 0.15) is 78.9 Å². The van der Waals surface area contributed by atoms with Crippen LogP contribution in [-0.2, 0) is 66.7 Å². The van der Waals surface area contributed by atoms with Crippen molar-refractivity contribution < 1.29 is 71.5 Å². The molecule has 314 valence electrons. The maximum absolute atomic E-state index is 13.8. The molecule has 2 aromatic rings. The predicted octanol–water partition coefficient (Wildman–Crippen LogP) is 2.33. The molecule has 3 N–H and O–H groups in total. The molecule has 1 saturated heterocycles. The second kappa shape index (κ2) is 19.4. The van der Waals surface area contributed by atoms with Crippen LogP contribution in [0.15, 0.2) is 48.5 Å². The van der Waals surface area contributed by atoms with Gasteiger partial charge in [0.1, 0.15) is 37.0 Å². The largest absolute Gasteiger partial charge is 0.463 e. The Kier molecular flexibility index (Phi) is 14.9. The van der Waals surface area contributed by atoms with Crippen molar-refractivity contribution in [3.63, 3.8) is 0 Å². The molecule has 3 amide bonds. The molecule has 2 aliphatic rings. The van der Waals surface area contributed by atoms with Gasteiger partial charge in [0.05, 0.1) is 6.42 Å². The topological polar surface area (TPSA) is 237 Å². The first-order valence-corrected chi connectivity index (χ1v) is 18.5. The number of esters is 5. The van der Waals surface area contributed by atoms with Crippen molar-refractivity contribution in [1.29, 1.82) is 0 Å². The number of hydrogen-bond acceptors (Lipinski definition) is 15. The number of benzene rings is 2. The van der Waals surface area contributed by atoms with Gasteiger partial charge in [-0.1, -0.05) is 48.5 Å². The Morgan fingerprint density at radius 3 is 1.76 bits per heavy atom. The van der Waals surface area contributed by atoms with E-state index in [0.717, 1.165) is 49.9 Å². The van der Waals surface area contributed by atoms with Crippen molar-refractivity contribution in [3.05, 3.63) is 59.7 Å². The van der Waals surface area contributed by atoms with Crippen LogP contribution >= 0.6 is 0 Å². The van der Waals surface area contributed by atoms with Crippen molar-refractivity contribution in [2.75, 3.05) is 13.2 Å². The molecule has 7 atom stereocenters. The first-order valence-electron chi connectivity index (χ1n) is 18.5. The van der Waals surface area contributed by atoms with E-state index in [1.165, 1.54) is 6.92 Å². The molecule has 0 saturated carbocycles. The fraction of sp³-hybridized carbons (Fsp3) is 0.500. The van der Waals surface area contributed by atoms with E-state index in [-0.39, 0.29) is 12.5 Å². The van der Waals surface area contributed by atoms with Gasteiger partial charge in [-0.05, 0) is 49.9 Å². The molecular weight excluding hydrogens is 762 g/mol. The highest BCUT2D eigenvalue weighted by molar-refractivity contribution is 5.93. The van der Waals surface area contributed by atoms with Crippen LogP contribution in [0.25, 0.3) is 11.1 Å². The zero-order chi connectivity index (χ0) is 42.9. The van der Waals surface area contributed by atoms with Crippen molar-refractivity contribution >= 4 is 47.8 Å². The molecule has 1 fully saturated rings. The Balaban J connectivity index is 1.58. The molecule has 18 heteroatoms. The summed E-state index contributed by atoms with van der Waals surface area (Å²) in [4.78, 5) is 102. The Labute approximate surface area is 334 Å². The number of amides is 3. The number of rotatable bonds is 14. The monoisotopic (exact) mass is 811 g/mol. The fourth-order valence-corrected chi connectivity index (χ4v) is 6.50. The number of ether oxygens (including phenoxy) is 7. The summed E-state index contributed by atoms with van der Waals surface area (Å²) < 4.78 is 38.1. The molecule has 0 radical (unpaired) electrons. The van der Waals surface area contributed by atoms with E-state index in [1.54, 1.807) is 20.8 Å². The second-order valence-electron chi connectivity index (χ2n) is 14.7. The molecule has 2 aromatic carbocycles. The van der Waals surface area contributed by atoms with Gasteiger partial charge in [0.15, 0.2) is 24.5 Å². The molecule has 0 aromatic heterocycles. The normalized spacial score (nSPS) is 20.7. The third-order valence-corrected chi connectivity index (χ3v) is 8.75. The molecular formula is C40H49N3O15. The van der Waals surface area contributed by atoms with Crippen molar-refractivity contribution in [2.24, 2.45) is 0 Å². The first kappa shape index (κ1) is 44.7. The highest BCUT2D eigenvalue weighted by atomic mass is 16.7. The standard InChI is InChI=1S/C40H49N3O15/c1-20(38(50)58-40(6,7)8)41-36(49)30(42-39(51)53-18-29-27-15-11-9-13-25(27)26-14-10-12-16-28(26)29)17-32(48)43-37-35(56-24(5)47)34(55-23(4)46)33(54-22(3)45)31(57-37)19-52-21(2)44/h9-16,20,29-31,33-35,37H,17-19H2,1-8H3,(H,41,49)(H,42,51)(H,43,48)/t20-,30-,31+,33-,34-,35+,37-/m0/s1. The molecule has 1 aliphatic carbocycles. The average molecular weight is 812 g/mol. The Morgan fingerprint density at radius 1 is 0.690 bits per heavy atom. The Hall–Kier alpha value is -6.04. The number of fused-ring (bicyclic) bond motifs is 3. The van der Waals surface area contributed by atoms with Crippen LogP contribution in [0.3, 0.4) is 0 Å². The minimum absolute atomic E-state index is 0.126. The smallest absolute Gasteiger partial charge is 0.407 e. The average Bonchev–Trinajstić information content (AvgIpc) is 3.44. The quantitative estimate of drug-likeness (QED) is 0.183. The lowest BCUT2D eigenvalue weighted by Crippen LogP contribution is -2.66. The van der Waals surface area contributed by atoms with E-state index in [0.29, 0.717) is 0 Å². The van der Waals surface area contributed by atoms with E-state index < -0.39 is 109 Å². The van der Waals surface area contributed by atoms with Crippen molar-refractivity contribution in [3.8, 4) is 11.1 Å². The number of hydrogen-bond donors (Lipinski definition) is 3. The van der Waals surface area contributed by atoms with Crippen LogP contribution in [0.2, 0.25) is 0 Å². The highest BCUT2D eigenvalue weighted by Crippen LogP contribution is 2.44. The van der Waals surface area contributed by atoms with E-state index >= 15 is 0 Å². The summed E-state index contributed by atoms with van der Waals surface area (Å²) in [6, 6.07) is 12.4. The van der Waals surface area contributed by atoms with Gasteiger partial charge < -0.3 is 49.1 Å². The van der Waals surface area contributed by atoms with Gasteiger partial charge >= 0.3 is 35.9 Å². The van der Waals surface area contributed by atoms with Gasteiger partial charge in [-0.25, -0.2) is 9.59 Å². The zero-order valence-electron chi connectivity index (χ0n) is 33.5. The molecule has 1 heterocycles. The van der Waals surface area contributed by atoms with Crippen molar-refractivity contribution in [1.82, 2.24) is 16.0 Å². The van der Waals surface area contributed by atoms with E-state index in [2.05, 4.69) is 16.0 Å². The van der Waals surface area contributed by atoms with E-state index in [1.807, 2.05) is 48.5 Å². The van der Waals surface area contributed by atoms with Gasteiger partial charge in [0.25, 0.3) is 0 Å². The molecule has 0 spiro atoms. The van der Waals surface area contributed by atoms with Crippen LogP contribution in [-0.4, -0.2) is 109 Å². The zero-order valence-corrected chi connectivity index (χ0v) is 33.5. The van der Waals surface area contributed by atoms with Crippen LogP contribution < -0.4 is 16.0 Å². The van der Waals surface area contributed by atoms with Gasteiger partial charge in [-0.2, -0.15) is 0 Å². The number of carbonyl (C=O) groups is 8. The summed E-state index contributed by atoms with van der Waals surface area (Å²) in [7, 11) is 0. The Bertz CT molecular complexity index is 1850. The summed E-state index contributed by atoms with van der Waals surface area (Å²) in [6.45, 7) is 9.81. The fourth-order valence-electron chi connectivity index (χ4n) is 6.50. The van der Waals surface area contributed by atoms with Crippen LogP contribution in [0.4, 0.5) is 4.79 Å². The van der Waals surface area contributed by atoms with E-state index in [9.17, 15) is 38.4 Å². The predicted molar refractivity (Wildman–Crippen MR) is 200 cm³/mol. The van der Waals surface area contributed by atoms with Gasteiger partial charge in [0.2, 0.25) is 11.8 Å². The maximum Gasteiger partial charge on any atom is 0.407 e. The maximum atomic E-state index is 13.8. The molecule has 18 nitrogen and oxygen atoms in total. The van der Waals surface area contributed by atoms with Crippen LogP contribution in [0, 0.1) is 0 Å². The minimum Gasteiger partial charge on any atom is -0.463 e. The third kappa shape index (κ3) is 12.2. The molecule has 0 unspecified atom stereocenters. The minimum atomic E-state index is -1.67. The number of nitrogens with one attached hydrogen (secondary N) is 3. The molecule has 0 bridgehead atoms. The third-order valence-electron chi connectivity index (χ3n) is 8.75. The van der Waals surface area contributed by atoms with Gasteiger partial charge in [-0.3, -0.25) is 28.8 Å².